The van der Waals surface area contributed by atoms with Crippen LogP contribution in [0, 0.1) is 17.5 Å². The minimum Gasteiger partial charge on any atom is -0.354 e. The van der Waals surface area contributed by atoms with Crippen LogP contribution < -0.4 is 10.6 Å². The van der Waals surface area contributed by atoms with Crippen molar-refractivity contribution in [1.29, 1.82) is 0 Å². The molecular formula is C17H14F3N5. The fourth-order valence-corrected chi connectivity index (χ4v) is 2.17. The summed E-state index contributed by atoms with van der Waals surface area (Å²) in [5.74, 6) is -3.57. The molecule has 3 aromatic rings. The largest absolute Gasteiger partial charge is 0.354 e. The molecule has 8 heteroatoms. The Balaban J connectivity index is 2.01. The SMILES string of the molecule is CCNc1nc(Nc2ccc(F)c(F)c2F)cc(-c2cccnc2)n1. The lowest BCUT2D eigenvalue weighted by Gasteiger charge is -2.11. The van der Waals surface area contributed by atoms with Gasteiger partial charge in [-0.25, -0.2) is 18.2 Å². The summed E-state index contributed by atoms with van der Waals surface area (Å²) in [6.45, 7) is 2.46. The number of nitrogens with zero attached hydrogens (tertiary/aromatic N) is 3. The molecule has 0 aliphatic heterocycles. The fraction of sp³-hybridized carbons (Fsp3) is 0.118. The fourth-order valence-electron chi connectivity index (χ4n) is 2.17. The van der Waals surface area contributed by atoms with Gasteiger partial charge in [0.25, 0.3) is 0 Å². The van der Waals surface area contributed by atoms with E-state index in [9.17, 15) is 13.2 Å². The molecule has 0 aliphatic rings. The molecule has 0 aliphatic carbocycles. The van der Waals surface area contributed by atoms with Gasteiger partial charge in [0.05, 0.1) is 11.4 Å². The summed E-state index contributed by atoms with van der Waals surface area (Å²) in [5, 5.41) is 5.62. The van der Waals surface area contributed by atoms with Crippen LogP contribution in [-0.4, -0.2) is 21.5 Å². The summed E-state index contributed by atoms with van der Waals surface area (Å²) in [4.78, 5) is 12.6. The van der Waals surface area contributed by atoms with E-state index in [1.807, 2.05) is 13.0 Å². The molecular weight excluding hydrogens is 331 g/mol. The third kappa shape index (κ3) is 3.68. The summed E-state index contributed by atoms with van der Waals surface area (Å²) >= 11 is 0. The maximum absolute atomic E-state index is 13.9. The number of anilines is 3. The smallest absolute Gasteiger partial charge is 0.225 e. The average molecular weight is 345 g/mol. The summed E-state index contributed by atoms with van der Waals surface area (Å²) < 4.78 is 40.3. The minimum atomic E-state index is -1.54. The quantitative estimate of drug-likeness (QED) is 0.681. The molecule has 2 heterocycles. The van der Waals surface area contributed by atoms with Gasteiger partial charge < -0.3 is 10.6 Å². The summed E-state index contributed by atoms with van der Waals surface area (Å²) in [5.41, 5.74) is 1.06. The van der Waals surface area contributed by atoms with Gasteiger partial charge >= 0.3 is 0 Å². The van der Waals surface area contributed by atoms with Crippen LogP contribution in [0.5, 0.6) is 0 Å². The topological polar surface area (TPSA) is 62.7 Å². The molecule has 0 bridgehead atoms. The van der Waals surface area contributed by atoms with Crippen molar-refractivity contribution in [2.24, 2.45) is 0 Å². The monoisotopic (exact) mass is 345 g/mol. The number of hydrogen-bond acceptors (Lipinski definition) is 5. The van der Waals surface area contributed by atoms with Crippen molar-refractivity contribution in [3.05, 3.63) is 60.2 Å². The van der Waals surface area contributed by atoms with Crippen LogP contribution in [-0.2, 0) is 0 Å². The van der Waals surface area contributed by atoms with E-state index in [1.165, 1.54) is 0 Å². The van der Waals surface area contributed by atoms with E-state index in [2.05, 4.69) is 25.6 Å². The molecule has 2 aromatic heterocycles. The standard InChI is InChI=1S/C17H14F3N5/c1-2-22-17-24-13(10-4-3-7-21-9-10)8-14(25-17)23-12-6-5-11(18)15(19)16(12)20/h3-9H,2H2,1H3,(H2,22,23,24,25). The Kier molecular flexibility index (Phi) is 4.78. The number of hydrogen-bond donors (Lipinski definition) is 2. The molecule has 0 spiro atoms. The van der Waals surface area contributed by atoms with E-state index < -0.39 is 17.5 Å². The average Bonchev–Trinajstić information content (AvgIpc) is 2.63. The molecule has 0 amide bonds. The zero-order valence-corrected chi connectivity index (χ0v) is 13.2. The minimum absolute atomic E-state index is 0.225. The number of aromatic nitrogens is 3. The van der Waals surface area contributed by atoms with Gasteiger partial charge in [-0.3, -0.25) is 4.98 Å². The summed E-state index contributed by atoms with van der Waals surface area (Å²) in [7, 11) is 0. The molecule has 0 unspecified atom stereocenters. The highest BCUT2D eigenvalue weighted by Crippen LogP contribution is 2.26. The Morgan fingerprint density at radius 1 is 1.04 bits per heavy atom. The van der Waals surface area contributed by atoms with E-state index in [4.69, 9.17) is 0 Å². The maximum Gasteiger partial charge on any atom is 0.225 e. The molecule has 0 saturated heterocycles. The lowest BCUT2D eigenvalue weighted by Crippen LogP contribution is -2.06. The van der Waals surface area contributed by atoms with E-state index in [0.29, 0.717) is 18.2 Å². The van der Waals surface area contributed by atoms with Crippen molar-refractivity contribution in [2.45, 2.75) is 6.92 Å². The van der Waals surface area contributed by atoms with Crippen LogP contribution in [0.15, 0.2) is 42.7 Å². The zero-order valence-electron chi connectivity index (χ0n) is 13.2. The molecule has 0 fully saturated rings. The molecule has 128 valence electrons. The number of nitrogens with one attached hydrogen (secondary N) is 2. The molecule has 0 atom stereocenters. The molecule has 0 radical (unpaired) electrons. The first kappa shape index (κ1) is 16.7. The zero-order chi connectivity index (χ0) is 17.8. The van der Waals surface area contributed by atoms with Gasteiger partial charge in [0.2, 0.25) is 5.95 Å². The second-order valence-electron chi connectivity index (χ2n) is 5.08. The van der Waals surface area contributed by atoms with Crippen molar-refractivity contribution in [3.63, 3.8) is 0 Å². The van der Waals surface area contributed by atoms with E-state index in [1.54, 1.807) is 24.5 Å². The molecule has 2 N–H and O–H groups in total. The van der Waals surface area contributed by atoms with Crippen LogP contribution >= 0.6 is 0 Å². The van der Waals surface area contributed by atoms with Gasteiger partial charge in [0.15, 0.2) is 17.5 Å². The first-order chi connectivity index (χ1) is 12.1. The van der Waals surface area contributed by atoms with Crippen molar-refractivity contribution in [3.8, 4) is 11.3 Å². The first-order valence-electron chi connectivity index (χ1n) is 7.52. The second-order valence-corrected chi connectivity index (χ2v) is 5.08. The molecule has 3 rings (SSSR count). The molecule has 5 nitrogen and oxygen atoms in total. The third-order valence-corrected chi connectivity index (χ3v) is 3.32. The van der Waals surface area contributed by atoms with Gasteiger partial charge in [-0.1, -0.05) is 0 Å². The second kappa shape index (κ2) is 7.16. The number of pyridine rings is 1. The lowest BCUT2D eigenvalue weighted by atomic mass is 10.2. The Morgan fingerprint density at radius 3 is 2.60 bits per heavy atom. The lowest BCUT2D eigenvalue weighted by molar-refractivity contribution is 0.449. The predicted molar refractivity (Wildman–Crippen MR) is 89.0 cm³/mol. The van der Waals surface area contributed by atoms with Gasteiger partial charge in [-0.15, -0.1) is 0 Å². The van der Waals surface area contributed by atoms with Gasteiger partial charge in [-0.05, 0) is 31.2 Å². The van der Waals surface area contributed by atoms with E-state index in [-0.39, 0.29) is 11.5 Å². The Hall–Kier alpha value is -3.16. The molecule has 0 saturated carbocycles. The number of rotatable bonds is 5. The van der Waals surface area contributed by atoms with Crippen LogP contribution in [0.4, 0.5) is 30.6 Å². The molecule has 1 aromatic carbocycles. The first-order valence-corrected chi connectivity index (χ1v) is 7.52. The van der Waals surface area contributed by atoms with Crippen molar-refractivity contribution in [1.82, 2.24) is 15.0 Å². The number of benzene rings is 1. The van der Waals surface area contributed by atoms with Crippen LogP contribution in [0.25, 0.3) is 11.3 Å². The normalized spacial score (nSPS) is 10.6. The van der Waals surface area contributed by atoms with Crippen LogP contribution in [0.2, 0.25) is 0 Å². The third-order valence-electron chi connectivity index (χ3n) is 3.32. The Labute approximate surface area is 142 Å². The van der Waals surface area contributed by atoms with Gasteiger partial charge in [-0.2, -0.15) is 4.98 Å². The highest BCUT2D eigenvalue weighted by molar-refractivity contribution is 5.67. The van der Waals surface area contributed by atoms with Crippen molar-refractivity contribution in [2.75, 3.05) is 17.2 Å². The Morgan fingerprint density at radius 2 is 1.88 bits per heavy atom. The molecule has 25 heavy (non-hydrogen) atoms. The Bertz CT molecular complexity index is 887. The maximum atomic E-state index is 13.9. The summed E-state index contributed by atoms with van der Waals surface area (Å²) in [6.07, 6.45) is 3.26. The van der Waals surface area contributed by atoms with Crippen molar-refractivity contribution >= 4 is 17.5 Å². The summed E-state index contributed by atoms with van der Waals surface area (Å²) in [6, 6.07) is 7.08. The van der Waals surface area contributed by atoms with E-state index in [0.717, 1.165) is 17.7 Å². The van der Waals surface area contributed by atoms with Crippen LogP contribution in [0.3, 0.4) is 0 Å². The number of halogens is 3. The van der Waals surface area contributed by atoms with Crippen molar-refractivity contribution < 1.29 is 13.2 Å². The predicted octanol–water partition coefficient (Wildman–Crippen LogP) is 4.13. The van der Waals surface area contributed by atoms with Crippen LogP contribution in [0.1, 0.15) is 6.92 Å². The highest BCUT2D eigenvalue weighted by atomic mass is 19.2. The highest BCUT2D eigenvalue weighted by Gasteiger charge is 2.15. The van der Waals surface area contributed by atoms with Gasteiger partial charge in [0, 0.05) is 30.6 Å². The van der Waals surface area contributed by atoms with E-state index >= 15 is 0 Å². The van der Waals surface area contributed by atoms with Gasteiger partial charge in [0.1, 0.15) is 5.82 Å².